The van der Waals surface area contributed by atoms with Gasteiger partial charge < -0.3 is 4.74 Å². The van der Waals surface area contributed by atoms with Crippen molar-refractivity contribution < 1.29 is 4.74 Å². The van der Waals surface area contributed by atoms with Crippen LogP contribution in [0.4, 0.5) is 0 Å². The number of hydrogen-bond donors (Lipinski definition) is 0. The summed E-state index contributed by atoms with van der Waals surface area (Å²) < 4.78 is 7.94. The Kier molecular flexibility index (Phi) is 5.85. The summed E-state index contributed by atoms with van der Waals surface area (Å²) in [5.74, 6) is 3.15. The van der Waals surface area contributed by atoms with Gasteiger partial charge >= 0.3 is 0 Å². The molecule has 0 saturated heterocycles. The van der Waals surface area contributed by atoms with Crippen LogP contribution < -0.4 is 19.6 Å². The third-order valence-electron chi connectivity index (χ3n) is 6.56. The molecule has 1 aliphatic heterocycles. The zero-order valence-electron chi connectivity index (χ0n) is 19.3. The molecule has 0 spiro atoms. The molecular formula is C30H21ClN2O2S. The fraction of sp³-hybridized carbons (Fsp3) is 0.133. The molecule has 6 rings (SSSR count). The van der Waals surface area contributed by atoms with Gasteiger partial charge in [-0.15, -0.1) is 6.42 Å². The van der Waals surface area contributed by atoms with Gasteiger partial charge in [-0.25, -0.2) is 4.99 Å². The van der Waals surface area contributed by atoms with E-state index in [-0.39, 0.29) is 18.2 Å². The summed E-state index contributed by atoms with van der Waals surface area (Å²) in [5.41, 5.74) is 6.50. The standard InChI is InChI=1S/C30H21ClN2O2S/c1-2-17-35-23-14-7-19(8-15-23)18-26-29(34)33-28(21-9-12-22(31)13-10-21)25-16-11-20-5-3-4-6-24(20)27(25)32-30(33)36-26/h1,3-10,12-15,18,28H,11,16-17H2/b26-18+/t28-/m0/s1. The van der Waals surface area contributed by atoms with Crippen molar-refractivity contribution in [2.24, 2.45) is 4.99 Å². The Bertz CT molecular complexity index is 1720. The first kappa shape index (κ1) is 22.6. The topological polar surface area (TPSA) is 43.6 Å². The zero-order valence-corrected chi connectivity index (χ0v) is 20.9. The lowest BCUT2D eigenvalue weighted by Crippen LogP contribution is -2.38. The van der Waals surface area contributed by atoms with Gasteiger partial charge in [0.2, 0.25) is 0 Å². The molecule has 1 aromatic heterocycles. The number of aromatic nitrogens is 1. The highest BCUT2D eigenvalue weighted by Gasteiger charge is 2.32. The van der Waals surface area contributed by atoms with Gasteiger partial charge in [-0.05, 0) is 65.4 Å². The second kappa shape index (κ2) is 9.31. The number of benzene rings is 3. The number of aryl methyl sites for hydroxylation is 1. The van der Waals surface area contributed by atoms with Crippen molar-refractivity contribution in [2.45, 2.75) is 18.9 Å². The van der Waals surface area contributed by atoms with E-state index in [0.29, 0.717) is 20.1 Å². The van der Waals surface area contributed by atoms with Crippen LogP contribution >= 0.6 is 22.9 Å². The quantitative estimate of drug-likeness (QED) is 0.365. The molecule has 0 N–H and O–H groups in total. The van der Waals surface area contributed by atoms with Gasteiger partial charge in [-0.2, -0.15) is 0 Å². The number of nitrogens with zero attached hydrogens (tertiary/aromatic N) is 2. The fourth-order valence-electron chi connectivity index (χ4n) is 4.90. The molecule has 36 heavy (non-hydrogen) atoms. The van der Waals surface area contributed by atoms with E-state index in [9.17, 15) is 4.79 Å². The van der Waals surface area contributed by atoms with Gasteiger partial charge in [0, 0.05) is 10.6 Å². The minimum atomic E-state index is -0.219. The molecule has 0 saturated carbocycles. The van der Waals surface area contributed by atoms with Gasteiger partial charge in [0.05, 0.1) is 16.3 Å². The summed E-state index contributed by atoms with van der Waals surface area (Å²) in [7, 11) is 0. The van der Waals surface area contributed by atoms with Crippen molar-refractivity contribution in [3.05, 3.63) is 125 Å². The van der Waals surface area contributed by atoms with Gasteiger partial charge in [-0.1, -0.05) is 77.4 Å². The van der Waals surface area contributed by atoms with Crippen LogP contribution in [-0.4, -0.2) is 11.2 Å². The molecule has 0 fully saturated rings. The van der Waals surface area contributed by atoms with E-state index >= 15 is 0 Å². The first-order chi connectivity index (χ1) is 17.6. The molecule has 0 radical (unpaired) electrons. The van der Waals surface area contributed by atoms with Gasteiger partial charge in [0.15, 0.2) is 4.80 Å². The Hall–Kier alpha value is -3.85. The number of terminal acetylenes is 1. The number of halogens is 1. The van der Waals surface area contributed by atoms with Crippen LogP contribution in [0.3, 0.4) is 0 Å². The number of allylic oxidation sites excluding steroid dienone is 1. The van der Waals surface area contributed by atoms with Crippen LogP contribution in [0, 0.1) is 12.3 Å². The molecule has 4 aromatic rings. The molecule has 6 heteroatoms. The number of hydrogen-bond acceptors (Lipinski definition) is 4. The van der Waals surface area contributed by atoms with E-state index in [2.05, 4.69) is 24.1 Å². The summed E-state index contributed by atoms with van der Waals surface area (Å²) >= 11 is 7.62. The Morgan fingerprint density at radius 1 is 1.08 bits per heavy atom. The van der Waals surface area contributed by atoms with E-state index < -0.39 is 0 Å². The average molecular weight is 509 g/mol. The minimum Gasteiger partial charge on any atom is -0.481 e. The van der Waals surface area contributed by atoms with Crippen molar-refractivity contribution in [1.82, 2.24) is 4.57 Å². The molecule has 4 nitrogen and oxygen atoms in total. The minimum absolute atomic E-state index is 0.0447. The van der Waals surface area contributed by atoms with Crippen molar-refractivity contribution >= 4 is 34.7 Å². The maximum atomic E-state index is 13.8. The summed E-state index contributed by atoms with van der Waals surface area (Å²) in [4.78, 5) is 19.5. The summed E-state index contributed by atoms with van der Waals surface area (Å²) in [6.07, 6.45) is 8.95. The fourth-order valence-corrected chi connectivity index (χ4v) is 6.03. The van der Waals surface area contributed by atoms with E-state index in [4.69, 9.17) is 27.8 Å². The number of ether oxygens (including phenoxy) is 1. The first-order valence-electron chi connectivity index (χ1n) is 11.7. The molecule has 3 aromatic carbocycles. The molecular weight excluding hydrogens is 488 g/mol. The van der Waals surface area contributed by atoms with Crippen LogP contribution in [0.1, 0.15) is 34.7 Å². The SMILES string of the molecule is C#CCOc1ccc(/C=c2/sc3n(c2=O)[C@@H](c2ccc(Cl)cc2)C2=C(N=3)c3ccccc3CC2)cc1. The predicted molar refractivity (Wildman–Crippen MR) is 145 cm³/mol. The number of fused-ring (bicyclic) bond motifs is 3. The normalized spacial score (nSPS) is 16.4. The third kappa shape index (κ3) is 3.99. The van der Waals surface area contributed by atoms with Crippen LogP contribution in [-0.2, 0) is 6.42 Å². The van der Waals surface area contributed by atoms with Crippen molar-refractivity contribution in [3.8, 4) is 18.1 Å². The Balaban J connectivity index is 1.52. The maximum absolute atomic E-state index is 13.8. The predicted octanol–water partition coefficient (Wildman–Crippen LogP) is 4.98. The largest absolute Gasteiger partial charge is 0.481 e. The maximum Gasteiger partial charge on any atom is 0.271 e. The highest BCUT2D eigenvalue weighted by molar-refractivity contribution is 7.07. The highest BCUT2D eigenvalue weighted by Crippen LogP contribution is 2.41. The second-order valence-electron chi connectivity index (χ2n) is 8.73. The third-order valence-corrected chi connectivity index (χ3v) is 7.79. The van der Waals surface area contributed by atoms with Gasteiger partial charge in [0.1, 0.15) is 12.4 Å². The second-order valence-corrected chi connectivity index (χ2v) is 10.2. The number of thiazole rings is 1. The van der Waals surface area contributed by atoms with Crippen LogP contribution in [0.5, 0.6) is 5.75 Å². The van der Waals surface area contributed by atoms with E-state index in [1.165, 1.54) is 22.5 Å². The summed E-state index contributed by atoms with van der Waals surface area (Å²) in [6, 6.07) is 23.5. The van der Waals surface area contributed by atoms with Crippen LogP contribution in [0.15, 0.2) is 88.2 Å². The van der Waals surface area contributed by atoms with Crippen molar-refractivity contribution in [3.63, 3.8) is 0 Å². The average Bonchev–Trinajstić information content (AvgIpc) is 3.22. The number of rotatable bonds is 4. The summed E-state index contributed by atoms with van der Waals surface area (Å²) in [6.45, 7) is 0.219. The smallest absolute Gasteiger partial charge is 0.271 e. The lowest BCUT2D eigenvalue weighted by atomic mass is 9.83. The molecule has 1 aliphatic carbocycles. The van der Waals surface area contributed by atoms with E-state index in [1.807, 2.05) is 65.2 Å². The van der Waals surface area contributed by atoms with Crippen LogP contribution in [0.2, 0.25) is 5.02 Å². The highest BCUT2D eigenvalue weighted by atomic mass is 35.5. The van der Waals surface area contributed by atoms with Crippen molar-refractivity contribution in [1.29, 1.82) is 0 Å². The monoisotopic (exact) mass is 508 g/mol. The van der Waals surface area contributed by atoms with Gasteiger partial charge in [-0.3, -0.25) is 9.36 Å². The summed E-state index contributed by atoms with van der Waals surface area (Å²) in [5, 5.41) is 0.670. The Morgan fingerprint density at radius 2 is 1.86 bits per heavy atom. The molecule has 2 aliphatic rings. The molecule has 0 bridgehead atoms. The lowest BCUT2D eigenvalue weighted by Gasteiger charge is -2.30. The first-order valence-corrected chi connectivity index (χ1v) is 12.9. The van der Waals surface area contributed by atoms with Crippen molar-refractivity contribution in [2.75, 3.05) is 6.61 Å². The van der Waals surface area contributed by atoms with E-state index in [1.54, 1.807) is 0 Å². The van der Waals surface area contributed by atoms with Crippen LogP contribution in [0.25, 0.3) is 11.8 Å². The Morgan fingerprint density at radius 3 is 2.64 bits per heavy atom. The molecule has 2 heterocycles. The Labute approximate surface area is 217 Å². The molecule has 176 valence electrons. The molecule has 0 amide bonds. The van der Waals surface area contributed by atoms with Gasteiger partial charge in [0.25, 0.3) is 5.56 Å². The molecule has 1 atom stereocenters. The molecule has 0 unspecified atom stereocenters. The lowest BCUT2D eigenvalue weighted by molar-refractivity contribution is 0.370. The zero-order chi connectivity index (χ0) is 24.6. The van der Waals surface area contributed by atoms with E-state index in [0.717, 1.165) is 35.2 Å².